The standard InChI is InChI=1S/C14H8F4N2S/c1-6-2-3-10-9(4-6)19-14(21)20(10)13-11(17)7(15)5-8(16)12(13)18/h2-5H,1H3,(H,19,21). The first-order chi connectivity index (χ1) is 9.90. The van der Waals surface area contributed by atoms with Crippen LogP contribution >= 0.6 is 12.2 Å². The average Bonchev–Trinajstić information content (AvgIpc) is 2.73. The normalized spacial score (nSPS) is 11.3. The summed E-state index contributed by atoms with van der Waals surface area (Å²) in [4.78, 5) is 2.76. The number of imidazole rings is 1. The van der Waals surface area contributed by atoms with Crippen LogP contribution in [0.5, 0.6) is 0 Å². The van der Waals surface area contributed by atoms with E-state index in [0.29, 0.717) is 11.0 Å². The van der Waals surface area contributed by atoms with E-state index in [1.54, 1.807) is 18.2 Å². The molecule has 0 saturated heterocycles. The Bertz CT molecular complexity index is 901. The summed E-state index contributed by atoms with van der Waals surface area (Å²) in [6, 6.07) is 5.15. The van der Waals surface area contributed by atoms with Gasteiger partial charge in [-0.15, -0.1) is 0 Å². The molecule has 0 aliphatic rings. The van der Waals surface area contributed by atoms with Crippen LogP contribution in [0, 0.1) is 35.0 Å². The van der Waals surface area contributed by atoms with E-state index in [2.05, 4.69) is 4.98 Å². The highest BCUT2D eigenvalue weighted by atomic mass is 32.1. The van der Waals surface area contributed by atoms with E-state index in [4.69, 9.17) is 12.2 Å². The Balaban J connectivity index is 2.47. The zero-order valence-corrected chi connectivity index (χ0v) is 11.5. The van der Waals surface area contributed by atoms with Crippen molar-refractivity contribution in [3.63, 3.8) is 0 Å². The van der Waals surface area contributed by atoms with Crippen molar-refractivity contribution in [1.82, 2.24) is 9.55 Å². The van der Waals surface area contributed by atoms with Crippen molar-refractivity contribution in [2.24, 2.45) is 0 Å². The summed E-state index contributed by atoms with van der Waals surface area (Å²) in [5.74, 6) is -5.95. The van der Waals surface area contributed by atoms with Crippen LogP contribution in [0.3, 0.4) is 0 Å². The maximum Gasteiger partial charge on any atom is 0.186 e. The number of rotatable bonds is 1. The van der Waals surface area contributed by atoms with Gasteiger partial charge in [0.05, 0.1) is 11.0 Å². The minimum absolute atomic E-state index is 0.0570. The molecule has 0 amide bonds. The number of nitrogens with zero attached hydrogens (tertiary/aromatic N) is 1. The molecule has 1 N–H and O–H groups in total. The second kappa shape index (κ2) is 4.70. The fourth-order valence-corrected chi connectivity index (χ4v) is 2.50. The lowest BCUT2D eigenvalue weighted by Gasteiger charge is -2.09. The molecule has 1 heterocycles. The monoisotopic (exact) mass is 312 g/mol. The lowest BCUT2D eigenvalue weighted by atomic mass is 10.2. The van der Waals surface area contributed by atoms with Crippen molar-refractivity contribution in [2.75, 3.05) is 0 Å². The van der Waals surface area contributed by atoms with Crippen LogP contribution < -0.4 is 0 Å². The summed E-state index contributed by atoms with van der Waals surface area (Å²) in [5.41, 5.74) is 0.877. The molecule has 7 heteroatoms. The van der Waals surface area contributed by atoms with Crippen LogP contribution in [0.1, 0.15) is 5.56 Å². The molecule has 2 nitrogen and oxygen atoms in total. The predicted octanol–water partition coefficient (Wildman–Crippen LogP) is 4.55. The van der Waals surface area contributed by atoms with Crippen LogP contribution in [-0.4, -0.2) is 9.55 Å². The average molecular weight is 312 g/mol. The molecule has 0 fully saturated rings. The molecule has 2 aromatic carbocycles. The van der Waals surface area contributed by atoms with Crippen molar-refractivity contribution in [3.05, 3.63) is 57.9 Å². The van der Waals surface area contributed by atoms with E-state index in [1.165, 1.54) is 0 Å². The van der Waals surface area contributed by atoms with E-state index in [9.17, 15) is 17.6 Å². The number of benzene rings is 2. The van der Waals surface area contributed by atoms with Gasteiger partial charge < -0.3 is 4.98 Å². The van der Waals surface area contributed by atoms with E-state index < -0.39 is 29.0 Å². The third-order valence-corrected chi connectivity index (χ3v) is 3.43. The number of nitrogens with one attached hydrogen (secondary N) is 1. The molecule has 0 bridgehead atoms. The lowest BCUT2D eigenvalue weighted by Crippen LogP contribution is -2.06. The Hall–Kier alpha value is -2.15. The number of aryl methyl sites for hydroxylation is 1. The Morgan fingerprint density at radius 3 is 2.24 bits per heavy atom. The van der Waals surface area contributed by atoms with Crippen LogP contribution in [0.15, 0.2) is 24.3 Å². The highest BCUT2D eigenvalue weighted by Gasteiger charge is 2.22. The van der Waals surface area contributed by atoms with E-state index in [1.807, 2.05) is 6.92 Å². The minimum Gasteiger partial charge on any atom is -0.330 e. The molecule has 1 aromatic heterocycles. The van der Waals surface area contributed by atoms with E-state index >= 15 is 0 Å². The zero-order valence-electron chi connectivity index (χ0n) is 10.7. The molecular formula is C14H8F4N2S. The van der Waals surface area contributed by atoms with Gasteiger partial charge in [0, 0.05) is 6.07 Å². The quantitative estimate of drug-likeness (QED) is 0.397. The number of halogens is 4. The van der Waals surface area contributed by atoms with Gasteiger partial charge in [-0.05, 0) is 36.8 Å². The van der Waals surface area contributed by atoms with Gasteiger partial charge in [-0.3, -0.25) is 4.57 Å². The molecule has 0 aliphatic heterocycles. The van der Waals surface area contributed by atoms with Gasteiger partial charge in [-0.1, -0.05) is 6.07 Å². The van der Waals surface area contributed by atoms with Gasteiger partial charge >= 0.3 is 0 Å². The largest absolute Gasteiger partial charge is 0.330 e. The first kappa shape index (κ1) is 13.8. The lowest BCUT2D eigenvalue weighted by molar-refractivity contribution is 0.448. The molecule has 21 heavy (non-hydrogen) atoms. The van der Waals surface area contributed by atoms with Crippen molar-refractivity contribution in [2.45, 2.75) is 6.92 Å². The number of aromatic nitrogens is 2. The van der Waals surface area contributed by atoms with Gasteiger partial charge in [0.2, 0.25) is 0 Å². The molecule has 0 atom stereocenters. The van der Waals surface area contributed by atoms with Gasteiger partial charge in [-0.2, -0.15) is 0 Å². The summed E-state index contributed by atoms with van der Waals surface area (Å²) < 4.78 is 55.5. The molecular weight excluding hydrogens is 304 g/mol. The Kier molecular flexibility index (Phi) is 3.09. The number of H-pyrrole nitrogens is 1. The summed E-state index contributed by atoms with van der Waals surface area (Å²) in [6.07, 6.45) is 0. The highest BCUT2D eigenvalue weighted by molar-refractivity contribution is 7.71. The van der Waals surface area contributed by atoms with Crippen molar-refractivity contribution in [1.29, 1.82) is 0 Å². The SMILES string of the molecule is Cc1ccc2c(c1)[nH]c(=S)n2-c1c(F)c(F)cc(F)c1F. The minimum atomic E-state index is -1.49. The third-order valence-electron chi connectivity index (χ3n) is 3.15. The first-order valence-electron chi connectivity index (χ1n) is 5.95. The van der Waals surface area contributed by atoms with E-state index in [-0.39, 0.29) is 10.8 Å². The summed E-state index contributed by atoms with van der Waals surface area (Å²) in [7, 11) is 0. The number of fused-ring (bicyclic) bond motifs is 1. The summed E-state index contributed by atoms with van der Waals surface area (Å²) in [5, 5.41) is 0. The smallest absolute Gasteiger partial charge is 0.186 e. The topological polar surface area (TPSA) is 20.7 Å². The number of aromatic amines is 1. The summed E-state index contributed by atoms with van der Waals surface area (Å²) >= 11 is 5.01. The molecule has 108 valence electrons. The molecule has 0 spiro atoms. The van der Waals surface area contributed by atoms with Gasteiger partial charge in [0.25, 0.3) is 0 Å². The van der Waals surface area contributed by atoms with Crippen LogP contribution in [0.2, 0.25) is 0 Å². The molecule has 0 radical (unpaired) electrons. The van der Waals surface area contributed by atoms with E-state index in [0.717, 1.165) is 10.1 Å². The fraction of sp³-hybridized carbons (Fsp3) is 0.0714. The second-order valence-corrected chi connectivity index (χ2v) is 4.99. The van der Waals surface area contributed by atoms with Crippen LogP contribution in [0.4, 0.5) is 17.6 Å². The third kappa shape index (κ3) is 2.04. The molecule has 0 saturated carbocycles. The highest BCUT2D eigenvalue weighted by Crippen LogP contribution is 2.27. The van der Waals surface area contributed by atoms with Crippen molar-refractivity contribution >= 4 is 23.3 Å². The Morgan fingerprint density at radius 2 is 1.62 bits per heavy atom. The molecule has 3 aromatic rings. The molecule has 0 unspecified atom stereocenters. The number of hydrogen-bond acceptors (Lipinski definition) is 1. The second-order valence-electron chi connectivity index (χ2n) is 4.60. The fourth-order valence-electron chi connectivity index (χ4n) is 2.20. The Labute approximate surface area is 121 Å². The maximum absolute atomic E-state index is 13.9. The Morgan fingerprint density at radius 1 is 1.00 bits per heavy atom. The number of hydrogen-bond donors (Lipinski definition) is 1. The van der Waals surface area contributed by atoms with Gasteiger partial charge in [-0.25, -0.2) is 17.6 Å². The maximum atomic E-state index is 13.9. The first-order valence-corrected chi connectivity index (χ1v) is 6.35. The van der Waals surface area contributed by atoms with Crippen molar-refractivity contribution < 1.29 is 17.6 Å². The van der Waals surface area contributed by atoms with Gasteiger partial charge in [0.1, 0.15) is 5.69 Å². The molecule has 3 rings (SSSR count). The predicted molar refractivity (Wildman–Crippen MR) is 73.0 cm³/mol. The zero-order chi connectivity index (χ0) is 15.3. The molecule has 0 aliphatic carbocycles. The van der Waals surface area contributed by atoms with Crippen LogP contribution in [0.25, 0.3) is 16.7 Å². The van der Waals surface area contributed by atoms with Crippen LogP contribution in [-0.2, 0) is 0 Å². The summed E-state index contributed by atoms with van der Waals surface area (Å²) in [6.45, 7) is 1.83. The van der Waals surface area contributed by atoms with Crippen molar-refractivity contribution in [3.8, 4) is 5.69 Å². The van der Waals surface area contributed by atoms with Gasteiger partial charge in [0.15, 0.2) is 28.0 Å².